The van der Waals surface area contributed by atoms with E-state index in [9.17, 15) is 9.90 Å². The number of hydrazone groups is 1. The average molecular weight is 240 g/mol. The van der Waals surface area contributed by atoms with Crippen molar-refractivity contribution >= 4 is 35.1 Å². The van der Waals surface area contributed by atoms with Crippen LogP contribution >= 0.6 is 23.2 Å². The summed E-state index contributed by atoms with van der Waals surface area (Å²) in [4.78, 5) is 12.1. The van der Waals surface area contributed by atoms with Crippen molar-refractivity contribution in [2.75, 3.05) is 0 Å². The third-order valence-electron chi connectivity index (χ3n) is 1.57. The summed E-state index contributed by atoms with van der Waals surface area (Å²) >= 11 is 11.0. The smallest absolute Gasteiger partial charge is 0.275 e. The zero-order chi connectivity index (χ0) is 10.9. The number of carbonyl (C=O) groups is 1. The molecule has 6 N–H and O–H groups in total. The largest absolute Gasteiger partial charge is 0.368 e. The number of hydrazine groups is 1. The van der Waals surface area contributed by atoms with E-state index in [1.54, 1.807) is 0 Å². The lowest BCUT2D eigenvalue weighted by atomic mass is 10.5. The Bertz CT molecular complexity index is 328. The van der Waals surface area contributed by atoms with Gasteiger partial charge in [0.2, 0.25) is 5.96 Å². The predicted octanol–water partition coefficient (Wildman–Crippen LogP) is -1.47. The number of guanidine groups is 1. The summed E-state index contributed by atoms with van der Waals surface area (Å²) in [7, 11) is 0. The van der Waals surface area contributed by atoms with Crippen LogP contribution in [-0.4, -0.2) is 28.1 Å². The van der Waals surface area contributed by atoms with Crippen molar-refractivity contribution in [3.63, 3.8) is 0 Å². The number of hydrogen-bond acceptors (Lipinski definition) is 5. The molecule has 7 nitrogen and oxygen atoms in total. The minimum Gasteiger partial charge on any atom is -0.368 e. The Morgan fingerprint density at radius 3 is 2.50 bits per heavy atom. The fraction of sp³-hybridized carbons (Fsp3) is 0.200. The highest BCUT2D eigenvalue weighted by Crippen LogP contribution is 2.29. The molecule has 9 heteroatoms. The van der Waals surface area contributed by atoms with Gasteiger partial charge in [0.15, 0.2) is 6.23 Å². The molecule has 1 heterocycles. The third kappa shape index (κ3) is 1.50. The second-order valence-corrected chi connectivity index (χ2v) is 3.09. The molecule has 0 aromatic rings. The van der Waals surface area contributed by atoms with Gasteiger partial charge in [0.25, 0.3) is 5.91 Å². The van der Waals surface area contributed by atoms with Crippen LogP contribution in [0.2, 0.25) is 0 Å². The maximum Gasteiger partial charge on any atom is 0.275 e. The molecule has 0 aromatic heterocycles. The number of carbonyl (C=O) groups excluding carboxylic acids is 1. The number of nitrogens with zero attached hydrogens (tertiary/aromatic N) is 2. The summed E-state index contributed by atoms with van der Waals surface area (Å²) in [5, 5.41) is 12.1. The molecule has 0 aliphatic carbocycles. The molecular weight excluding hydrogens is 233 g/mol. The Hall–Kier alpha value is -1.02. The Morgan fingerprint density at radius 1 is 1.64 bits per heavy atom. The lowest BCUT2D eigenvalue weighted by Crippen LogP contribution is -2.50. The second-order valence-electron chi connectivity index (χ2n) is 2.31. The molecule has 1 rings (SSSR count). The highest BCUT2D eigenvalue weighted by molar-refractivity contribution is 6.50. The van der Waals surface area contributed by atoms with E-state index in [1.165, 1.54) is 0 Å². The monoisotopic (exact) mass is 239 g/mol. The normalized spacial score (nSPS) is 23.4. The molecule has 0 aromatic carbocycles. The highest BCUT2D eigenvalue weighted by atomic mass is 35.5. The van der Waals surface area contributed by atoms with E-state index in [-0.39, 0.29) is 16.0 Å². The summed E-state index contributed by atoms with van der Waals surface area (Å²) in [5.41, 5.74) is 2.02. The molecule has 78 valence electrons. The van der Waals surface area contributed by atoms with Gasteiger partial charge >= 0.3 is 0 Å². The Morgan fingerprint density at radius 2 is 2.21 bits per heavy atom. The van der Waals surface area contributed by atoms with Crippen molar-refractivity contribution in [2.45, 2.75) is 6.23 Å². The van der Waals surface area contributed by atoms with Crippen LogP contribution in [0.15, 0.2) is 15.2 Å². The zero-order valence-electron chi connectivity index (χ0n) is 6.74. The van der Waals surface area contributed by atoms with Gasteiger partial charge in [-0.05, 0) is 0 Å². The van der Waals surface area contributed by atoms with Crippen LogP contribution in [0.3, 0.4) is 0 Å². The number of nitrogens with one attached hydrogen (secondary N) is 1. The van der Waals surface area contributed by atoms with Crippen molar-refractivity contribution in [3.05, 3.63) is 10.1 Å². The van der Waals surface area contributed by atoms with E-state index >= 15 is 0 Å². The standard InChI is InChI=1S/C5H7Cl2N5O2/c6-1-2(7)4(14)12(3(1)13)5(10-8)11-9/h3,13H,8-9H2,(H,10,11). The summed E-state index contributed by atoms with van der Waals surface area (Å²) in [6.07, 6.45) is -1.42. The topological polar surface area (TPSA) is 117 Å². The molecule has 14 heavy (non-hydrogen) atoms. The fourth-order valence-corrected chi connectivity index (χ4v) is 1.29. The Balaban J connectivity index is 3.03. The van der Waals surface area contributed by atoms with Gasteiger partial charge in [0, 0.05) is 0 Å². The van der Waals surface area contributed by atoms with Crippen LogP contribution < -0.4 is 17.1 Å². The highest BCUT2D eigenvalue weighted by Gasteiger charge is 2.39. The number of nitrogens with two attached hydrogens (primary N) is 2. The molecule has 1 aliphatic rings. The molecule has 0 bridgehead atoms. The minimum atomic E-state index is -1.42. The molecule has 1 unspecified atom stereocenters. The second kappa shape index (κ2) is 4.01. The molecule has 0 saturated carbocycles. The van der Waals surface area contributed by atoms with Crippen molar-refractivity contribution < 1.29 is 9.90 Å². The number of halogens is 2. The fourth-order valence-electron chi connectivity index (χ4n) is 0.927. The number of aliphatic hydroxyl groups is 1. The average Bonchev–Trinajstić information content (AvgIpc) is 2.37. The zero-order valence-corrected chi connectivity index (χ0v) is 8.25. The summed E-state index contributed by atoms with van der Waals surface area (Å²) < 4.78 is 0. The quantitative estimate of drug-likeness (QED) is 0.178. The first kappa shape index (κ1) is 11.1. The number of amides is 1. The molecule has 0 radical (unpaired) electrons. The third-order valence-corrected chi connectivity index (χ3v) is 2.41. The SMILES string of the molecule is N/N=C(\NN)N1C(=O)C(Cl)=C(Cl)C1O. The van der Waals surface area contributed by atoms with Crippen LogP contribution in [0.4, 0.5) is 0 Å². The van der Waals surface area contributed by atoms with Gasteiger partial charge in [0.1, 0.15) is 5.03 Å². The molecule has 0 spiro atoms. The van der Waals surface area contributed by atoms with Gasteiger partial charge < -0.3 is 10.9 Å². The number of rotatable bonds is 0. The van der Waals surface area contributed by atoms with Gasteiger partial charge in [-0.15, -0.1) is 5.10 Å². The van der Waals surface area contributed by atoms with Gasteiger partial charge in [0.05, 0.1) is 5.03 Å². The van der Waals surface area contributed by atoms with Crippen molar-refractivity contribution in [3.8, 4) is 0 Å². The molecular formula is C5H7Cl2N5O2. The number of hydrogen-bond donors (Lipinski definition) is 4. The summed E-state index contributed by atoms with van der Waals surface area (Å²) in [5.74, 6) is 8.95. The van der Waals surface area contributed by atoms with E-state index in [0.717, 1.165) is 4.90 Å². The van der Waals surface area contributed by atoms with Gasteiger partial charge in [-0.2, -0.15) is 0 Å². The maximum atomic E-state index is 11.3. The molecule has 0 saturated heterocycles. The summed E-state index contributed by atoms with van der Waals surface area (Å²) in [6.45, 7) is 0. The molecule has 1 amide bonds. The molecule has 0 fully saturated rings. The van der Waals surface area contributed by atoms with E-state index in [1.807, 2.05) is 5.43 Å². The van der Waals surface area contributed by atoms with Crippen LogP contribution in [-0.2, 0) is 4.79 Å². The van der Waals surface area contributed by atoms with Gasteiger partial charge in [-0.25, -0.2) is 10.7 Å². The van der Waals surface area contributed by atoms with Crippen LogP contribution in [0.25, 0.3) is 0 Å². The maximum absolute atomic E-state index is 11.3. The van der Waals surface area contributed by atoms with Gasteiger partial charge in [-0.1, -0.05) is 23.2 Å². The number of aliphatic hydroxyl groups excluding tert-OH is 1. The van der Waals surface area contributed by atoms with E-state index in [0.29, 0.717) is 0 Å². The first-order valence-electron chi connectivity index (χ1n) is 3.35. The van der Waals surface area contributed by atoms with Crippen LogP contribution in [0.5, 0.6) is 0 Å². The molecule has 1 aliphatic heterocycles. The lowest BCUT2D eigenvalue weighted by molar-refractivity contribution is -0.126. The first-order valence-corrected chi connectivity index (χ1v) is 4.11. The van der Waals surface area contributed by atoms with E-state index < -0.39 is 12.1 Å². The minimum absolute atomic E-state index is 0.201. The van der Waals surface area contributed by atoms with Crippen molar-refractivity contribution in [2.24, 2.45) is 16.8 Å². The Labute approximate surface area is 88.9 Å². The predicted molar refractivity (Wildman–Crippen MR) is 50.5 cm³/mol. The van der Waals surface area contributed by atoms with Crippen molar-refractivity contribution in [1.82, 2.24) is 10.3 Å². The lowest BCUT2D eigenvalue weighted by Gasteiger charge is -2.20. The van der Waals surface area contributed by atoms with Crippen LogP contribution in [0, 0.1) is 0 Å². The molecule has 1 atom stereocenters. The summed E-state index contributed by atoms with van der Waals surface area (Å²) in [6, 6.07) is 0. The van der Waals surface area contributed by atoms with Crippen LogP contribution in [0.1, 0.15) is 0 Å². The first-order chi connectivity index (χ1) is 6.54. The van der Waals surface area contributed by atoms with E-state index in [4.69, 9.17) is 34.9 Å². The van der Waals surface area contributed by atoms with Crippen molar-refractivity contribution in [1.29, 1.82) is 0 Å². The van der Waals surface area contributed by atoms with E-state index in [2.05, 4.69) is 5.10 Å². The van der Waals surface area contributed by atoms with Gasteiger partial charge in [-0.3, -0.25) is 10.2 Å². The Kier molecular flexibility index (Phi) is 3.17.